The number of pyridine rings is 1. The van der Waals surface area contributed by atoms with Gasteiger partial charge in [-0.1, -0.05) is 11.2 Å². The van der Waals surface area contributed by atoms with Gasteiger partial charge in [0.05, 0.1) is 5.69 Å². The number of halogens is 1. The zero-order valence-corrected chi connectivity index (χ0v) is 9.98. The highest BCUT2D eigenvalue weighted by molar-refractivity contribution is 9.10. The van der Waals surface area contributed by atoms with E-state index in [0.717, 1.165) is 0 Å². The molecule has 2 heterocycles. The fraction of sp³-hybridized carbons (Fsp3) is 0.100. The molecule has 0 aliphatic heterocycles. The summed E-state index contributed by atoms with van der Waals surface area (Å²) in [7, 11) is 0. The van der Waals surface area contributed by atoms with Gasteiger partial charge < -0.3 is 4.52 Å². The summed E-state index contributed by atoms with van der Waals surface area (Å²) >= 11 is 3.19. The highest BCUT2D eigenvalue weighted by Crippen LogP contribution is 2.11. The molecule has 0 aromatic carbocycles. The van der Waals surface area contributed by atoms with Crippen molar-refractivity contribution in [2.24, 2.45) is 0 Å². The average Bonchev–Trinajstić information content (AvgIpc) is 2.64. The minimum Gasteiger partial charge on any atom is -0.338 e. The van der Waals surface area contributed by atoms with Gasteiger partial charge in [0, 0.05) is 6.07 Å². The topological polar surface area (TPSA) is 68.0 Å². The molecule has 0 bridgehead atoms. The molecule has 0 spiro atoms. The third-order valence-corrected chi connectivity index (χ3v) is 2.25. The number of rotatable bonds is 2. The van der Waals surface area contributed by atoms with Crippen molar-refractivity contribution >= 4 is 27.7 Å². The highest BCUT2D eigenvalue weighted by atomic mass is 79.9. The maximum atomic E-state index is 11.7. The zero-order chi connectivity index (χ0) is 11.5. The van der Waals surface area contributed by atoms with E-state index in [2.05, 4.69) is 31.4 Å². The SMILES string of the molecule is Cc1cc(NC(=O)c2cccc(Br)n2)on1. The molecule has 0 aliphatic carbocycles. The molecular weight excluding hydrogens is 274 g/mol. The largest absolute Gasteiger partial charge is 0.338 e. The first-order chi connectivity index (χ1) is 7.65. The van der Waals surface area contributed by atoms with Crippen LogP contribution in [0.15, 0.2) is 33.4 Å². The van der Waals surface area contributed by atoms with E-state index in [0.29, 0.717) is 21.9 Å². The second kappa shape index (κ2) is 4.44. The molecule has 16 heavy (non-hydrogen) atoms. The summed E-state index contributed by atoms with van der Waals surface area (Å²) in [6.45, 7) is 1.77. The molecule has 0 unspecified atom stereocenters. The number of amides is 1. The maximum Gasteiger partial charge on any atom is 0.276 e. The smallest absolute Gasteiger partial charge is 0.276 e. The summed E-state index contributed by atoms with van der Waals surface area (Å²) in [5.41, 5.74) is 1.01. The lowest BCUT2D eigenvalue weighted by molar-refractivity contribution is 0.101. The van der Waals surface area contributed by atoms with Gasteiger partial charge in [-0.05, 0) is 35.0 Å². The van der Waals surface area contributed by atoms with Crippen molar-refractivity contribution in [2.75, 3.05) is 5.32 Å². The molecule has 0 radical (unpaired) electrons. The first-order valence-electron chi connectivity index (χ1n) is 4.52. The van der Waals surface area contributed by atoms with E-state index in [4.69, 9.17) is 4.52 Å². The number of hydrogen-bond donors (Lipinski definition) is 1. The van der Waals surface area contributed by atoms with Crippen LogP contribution < -0.4 is 5.32 Å². The predicted molar refractivity (Wildman–Crippen MR) is 61.1 cm³/mol. The van der Waals surface area contributed by atoms with Crippen molar-refractivity contribution < 1.29 is 9.32 Å². The van der Waals surface area contributed by atoms with Crippen molar-refractivity contribution in [1.29, 1.82) is 0 Å². The Morgan fingerprint density at radius 3 is 2.94 bits per heavy atom. The maximum absolute atomic E-state index is 11.7. The third-order valence-electron chi connectivity index (χ3n) is 1.81. The number of hydrogen-bond acceptors (Lipinski definition) is 4. The second-order valence-electron chi connectivity index (χ2n) is 3.13. The van der Waals surface area contributed by atoms with Gasteiger partial charge in [-0.3, -0.25) is 10.1 Å². The fourth-order valence-corrected chi connectivity index (χ4v) is 1.48. The molecule has 6 heteroatoms. The lowest BCUT2D eigenvalue weighted by Crippen LogP contribution is -2.13. The van der Waals surface area contributed by atoms with Crippen LogP contribution in [0.25, 0.3) is 0 Å². The third kappa shape index (κ3) is 2.46. The van der Waals surface area contributed by atoms with Crippen LogP contribution in [0.5, 0.6) is 0 Å². The molecular formula is C10H8BrN3O2. The van der Waals surface area contributed by atoms with E-state index >= 15 is 0 Å². The lowest BCUT2D eigenvalue weighted by atomic mass is 10.3. The van der Waals surface area contributed by atoms with E-state index in [1.54, 1.807) is 31.2 Å². The Labute approximate surface area is 100.0 Å². The molecule has 0 saturated carbocycles. The standard InChI is InChI=1S/C10H8BrN3O2/c1-6-5-9(16-14-6)13-10(15)7-3-2-4-8(11)12-7/h2-5H,1H3,(H,13,15). The monoisotopic (exact) mass is 281 g/mol. The van der Waals surface area contributed by atoms with Crippen molar-refractivity contribution in [3.63, 3.8) is 0 Å². The Bertz CT molecular complexity index is 524. The van der Waals surface area contributed by atoms with Gasteiger partial charge >= 0.3 is 0 Å². The van der Waals surface area contributed by atoms with Crippen LogP contribution in [-0.4, -0.2) is 16.0 Å². The van der Waals surface area contributed by atoms with E-state index in [-0.39, 0.29) is 5.91 Å². The number of carbonyl (C=O) groups is 1. The van der Waals surface area contributed by atoms with Gasteiger partial charge in [0.2, 0.25) is 5.88 Å². The van der Waals surface area contributed by atoms with Crippen LogP contribution in [0.4, 0.5) is 5.88 Å². The van der Waals surface area contributed by atoms with Crippen LogP contribution in [0.3, 0.4) is 0 Å². The second-order valence-corrected chi connectivity index (χ2v) is 3.94. The number of nitrogens with one attached hydrogen (secondary N) is 1. The van der Waals surface area contributed by atoms with Crippen LogP contribution in [-0.2, 0) is 0 Å². The van der Waals surface area contributed by atoms with Crippen molar-refractivity contribution in [3.8, 4) is 0 Å². The Hall–Kier alpha value is -1.69. The van der Waals surface area contributed by atoms with Crippen LogP contribution in [0.2, 0.25) is 0 Å². The summed E-state index contributed by atoms with van der Waals surface area (Å²) in [5, 5.41) is 6.22. The number of carbonyl (C=O) groups excluding carboxylic acids is 1. The molecule has 0 atom stereocenters. The molecule has 2 aromatic heterocycles. The molecule has 1 amide bonds. The predicted octanol–water partition coefficient (Wildman–Crippen LogP) is 2.39. The number of aryl methyl sites for hydroxylation is 1. The van der Waals surface area contributed by atoms with Crippen LogP contribution in [0.1, 0.15) is 16.2 Å². The van der Waals surface area contributed by atoms with Gasteiger partial charge in [-0.2, -0.15) is 0 Å². The van der Waals surface area contributed by atoms with E-state index < -0.39 is 0 Å². The number of anilines is 1. The molecule has 2 aromatic rings. The lowest BCUT2D eigenvalue weighted by Gasteiger charge is -2.00. The Balaban J connectivity index is 2.14. The van der Waals surface area contributed by atoms with Crippen LogP contribution >= 0.6 is 15.9 Å². The molecule has 5 nitrogen and oxygen atoms in total. The first kappa shape index (κ1) is 10.8. The highest BCUT2D eigenvalue weighted by Gasteiger charge is 2.10. The van der Waals surface area contributed by atoms with E-state index in [1.165, 1.54) is 0 Å². The van der Waals surface area contributed by atoms with Gasteiger partial charge in [0.25, 0.3) is 5.91 Å². The summed E-state index contributed by atoms with van der Waals surface area (Å²) in [6.07, 6.45) is 0. The van der Waals surface area contributed by atoms with Gasteiger partial charge in [-0.15, -0.1) is 0 Å². The fourth-order valence-electron chi connectivity index (χ4n) is 1.13. The van der Waals surface area contributed by atoms with Gasteiger partial charge in [0.1, 0.15) is 10.3 Å². The summed E-state index contributed by atoms with van der Waals surface area (Å²) in [4.78, 5) is 15.7. The Kier molecular flexibility index (Phi) is 3.00. The number of nitrogens with zero attached hydrogens (tertiary/aromatic N) is 2. The molecule has 1 N–H and O–H groups in total. The minimum absolute atomic E-state index is 0.309. The summed E-state index contributed by atoms with van der Waals surface area (Å²) in [5.74, 6) is -0.0262. The zero-order valence-electron chi connectivity index (χ0n) is 8.40. The minimum atomic E-state index is -0.336. The van der Waals surface area contributed by atoms with Crippen molar-refractivity contribution in [3.05, 3.63) is 40.3 Å². The summed E-state index contributed by atoms with van der Waals surface area (Å²) in [6, 6.07) is 6.73. The van der Waals surface area contributed by atoms with Crippen LogP contribution in [0, 0.1) is 6.92 Å². The number of aromatic nitrogens is 2. The molecule has 0 fully saturated rings. The van der Waals surface area contributed by atoms with Gasteiger partial charge in [-0.25, -0.2) is 4.98 Å². The quantitative estimate of drug-likeness (QED) is 0.859. The average molecular weight is 282 g/mol. The Morgan fingerprint density at radius 1 is 1.50 bits per heavy atom. The van der Waals surface area contributed by atoms with Gasteiger partial charge in [0.15, 0.2) is 0 Å². The molecule has 0 saturated heterocycles. The molecule has 82 valence electrons. The van der Waals surface area contributed by atoms with Crippen molar-refractivity contribution in [1.82, 2.24) is 10.1 Å². The van der Waals surface area contributed by atoms with E-state index in [1.807, 2.05) is 0 Å². The van der Waals surface area contributed by atoms with E-state index in [9.17, 15) is 4.79 Å². The summed E-state index contributed by atoms with van der Waals surface area (Å²) < 4.78 is 5.47. The Morgan fingerprint density at radius 2 is 2.31 bits per heavy atom. The normalized spacial score (nSPS) is 10.1. The molecule has 0 aliphatic rings. The molecule has 2 rings (SSSR count). The van der Waals surface area contributed by atoms with Crippen molar-refractivity contribution in [2.45, 2.75) is 6.92 Å². The first-order valence-corrected chi connectivity index (χ1v) is 5.31.